The van der Waals surface area contributed by atoms with Gasteiger partial charge in [0.15, 0.2) is 5.69 Å². The zero-order chi connectivity index (χ0) is 24.6. The van der Waals surface area contributed by atoms with E-state index in [1.165, 1.54) is 11.6 Å². The predicted molar refractivity (Wildman–Crippen MR) is 114 cm³/mol. The molecule has 1 aromatic heterocycles. The maximum absolute atomic E-state index is 13.4. The average molecular weight is 500 g/mol. The second-order valence-electron chi connectivity index (χ2n) is 6.90. The first-order valence-corrected chi connectivity index (χ1v) is 10.3. The maximum atomic E-state index is 13.4. The summed E-state index contributed by atoms with van der Waals surface area (Å²) < 4.78 is 55.7. The molecule has 180 valence electrons. The molecule has 0 amide bonds. The summed E-state index contributed by atoms with van der Waals surface area (Å²) in [6, 6.07) is 13.3. The van der Waals surface area contributed by atoms with E-state index in [9.17, 15) is 22.4 Å². The van der Waals surface area contributed by atoms with Crippen LogP contribution in [0.15, 0.2) is 58.3 Å². The number of aromatic nitrogens is 2. The van der Waals surface area contributed by atoms with Crippen molar-refractivity contribution < 1.29 is 31.8 Å². The minimum Gasteiger partial charge on any atom is -0.335 e. The normalized spacial score (nSPS) is 12.0. The van der Waals surface area contributed by atoms with E-state index in [-0.39, 0.29) is 28.6 Å². The van der Waals surface area contributed by atoms with Gasteiger partial charge in [0.1, 0.15) is 11.5 Å². The standard InChI is InChI=1S/C21H18ClF4N5O3/c22-15-11-14(8-9-16(15)23)28-19(31-33-20(32)21(24,25)26)18-17(29-34-30-18)12-27-10-4-7-13-5-2-1-3-6-13/h1-3,5-6,8-9,11,27H,4,7,10,12H2,(H,28,31). The third-order valence-electron chi connectivity index (χ3n) is 4.37. The summed E-state index contributed by atoms with van der Waals surface area (Å²) in [6.07, 6.45) is -3.62. The van der Waals surface area contributed by atoms with Gasteiger partial charge in [-0.05, 0) is 48.3 Å². The van der Waals surface area contributed by atoms with Crippen LogP contribution in [-0.2, 0) is 22.6 Å². The number of alkyl halides is 3. The average Bonchev–Trinajstić information content (AvgIpc) is 3.27. The monoisotopic (exact) mass is 499 g/mol. The number of nitrogens with zero attached hydrogens (tertiary/aromatic N) is 3. The van der Waals surface area contributed by atoms with Crippen molar-refractivity contribution in [2.24, 2.45) is 5.16 Å². The summed E-state index contributed by atoms with van der Waals surface area (Å²) >= 11 is 5.74. The number of anilines is 1. The molecule has 0 atom stereocenters. The van der Waals surface area contributed by atoms with Crippen molar-refractivity contribution in [2.75, 3.05) is 11.9 Å². The Kier molecular flexibility index (Phi) is 8.55. The van der Waals surface area contributed by atoms with E-state index in [0.29, 0.717) is 6.54 Å². The van der Waals surface area contributed by atoms with Gasteiger partial charge in [-0.1, -0.05) is 52.2 Å². The van der Waals surface area contributed by atoms with Crippen LogP contribution in [0.3, 0.4) is 0 Å². The van der Waals surface area contributed by atoms with E-state index in [2.05, 4.69) is 30.9 Å². The minimum absolute atomic E-state index is 0.119. The van der Waals surface area contributed by atoms with Crippen LogP contribution in [0.25, 0.3) is 0 Å². The first kappa shape index (κ1) is 25.1. The molecule has 0 saturated carbocycles. The number of rotatable bonds is 9. The van der Waals surface area contributed by atoms with E-state index in [1.54, 1.807) is 0 Å². The van der Waals surface area contributed by atoms with Crippen molar-refractivity contribution in [3.05, 3.63) is 76.3 Å². The quantitative estimate of drug-likeness (QED) is 0.112. The van der Waals surface area contributed by atoms with Crippen molar-refractivity contribution in [1.29, 1.82) is 0 Å². The number of aryl methyl sites for hydroxylation is 1. The Morgan fingerprint density at radius 2 is 1.91 bits per heavy atom. The van der Waals surface area contributed by atoms with Crippen LogP contribution in [0.5, 0.6) is 0 Å². The Balaban J connectivity index is 1.70. The fourth-order valence-corrected chi connectivity index (χ4v) is 2.93. The summed E-state index contributed by atoms with van der Waals surface area (Å²) in [5, 5.41) is 16.0. The number of hydrogen-bond acceptors (Lipinski definition) is 7. The lowest BCUT2D eigenvalue weighted by molar-refractivity contribution is -0.199. The van der Waals surface area contributed by atoms with Gasteiger partial charge in [0.25, 0.3) is 0 Å². The highest BCUT2D eigenvalue weighted by Gasteiger charge is 2.42. The van der Waals surface area contributed by atoms with Gasteiger partial charge in [-0.3, -0.25) is 0 Å². The van der Waals surface area contributed by atoms with Gasteiger partial charge in [-0.15, -0.1) is 0 Å². The summed E-state index contributed by atoms with van der Waals surface area (Å²) in [4.78, 5) is 15.1. The van der Waals surface area contributed by atoms with Crippen LogP contribution >= 0.6 is 11.6 Å². The molecule has 0 aliphatic heterocycles. The Bertz CT molecular complexity index is 1140. The maximum Gasteiger partial charge on any atom is 0.493 e. The Labute approximate surface area is 195 Å². The molecule has 0 bridgehead atoms. The molecule has 3 aromatic rings. The van der Waals surface area contributed by atoms with E-state index < -0.39 is 23.8 Å². The molecule has 0 aliphatic rings. The molecule has 0 aliphatic carbocycles. The molecule has 0 spiro atoms. The first-order chi connectivity index (χ1) is 16.2. The topological polar surface area (TPSA) is 102 Å². The number of benzene rings is 2. The van der Waals surface area contributed by atoms with Crippen LogP contribution < -0.4 is 10.6 Å². The molecule has 0 radical (unpaired) electrons. The van der Waals surface area contributed by atoms with E-state index in [0.717, 1.165) is 25.0 Å². The molecule has 34 heavy (non-hydrogen) atoms. The largest absolute Gasteiger partial charge is 0.493 e. The minimum atomic E-state index is -5.26. The smallest absolute Gasteiger partial charge is 0.335 e. The van der Waals surface area contributed by atoms with Crippen molar-refractivity contribution in [2.45, 2.75) is 25.6 Å². The Morgan fingerprint density at radius 3 is 2.62 bits per heavy atom. The number of nitrogens with one attached hydrogen (secondary N) is 2. The molecule has 2 aromatic carbocycles. The van der Waals surface area contributed by atoms with Crippen LogP contribution in [0.2, 0.25) is 5.02 Å². The number of hydrogen-bond donors (Lipinski definition) is 2. The highest BCUT2D eigenvalue weighted by atomic mass is 35.5. The lowest BCUT2D eigenvalue weighted by Crippen LogP contribution is -2.26. The molecule has 0 saturated heterocycles. The molecule has 0 unspecified atom stereocenters. The lowest BCUT2D eigenvalue weighted by Gasteiger charge is -2.10. The van der Waals surface area contributed by atoms with Gasteiger partial charge in [0.05, 0.1) is 5.02 Å². The molecule has 1 heterocycles. The highest BCUT2D eigenvalue weighted by molar-refractivity contribution is 6.31. The van der Waals surface area contributed by atoms with E-state index in [1.807, 2.05) is 30.3 Å². The predicted octanol–water partition coefficient (Wildman–Crippen LogP) is 4.46. The summed E-state index contributed by atoms with van der Waals surface area (Å²) in [5.74, 6) is -3.68. The second kappa shape index (κ2) is 11.6. The van der Waals surface area contributed by atoms with Gasteiger partial charge >= 0.3 is 12.1 Å². The third kappa shape index (κ3) is 7.25. The molecule has 8 nitrogen and oxygen atoms in total. The van der Waals surface area contributed by atoms with E-state index in [4.69, 9.17) is 16.2 Å². The summed E-state index contributed by atoms with van der Waals surface area (Å²) in [5.41, 5.74) is 1.38. The van der Waals surface area contributed by atoms with Crippen molar-refractivity contribution in [3.63, 3.8) is 0 Å². The van der Waals surface area contributed by atoms with Gasteiger partial charge in [-0.25, -0.2) is 13.8 Å². The third-order valence-corrected chi connectivity index (χ3v) is 4.66. The summed E-state index contributed by atoms with van der Waals surface area (Å²) in [7, 11) is 0. The molecular formula is C21H18ClF4N5O3. The Hall–Kier alpha value is -3.51. The zero-order valence-corrected chi connectivity index (χ0v) is 18.2. The lowest BCUT2D eigenvalue weighted by atomic mass is 10.1. The number of carbonyl (C=O) groups is 1. The van der Waals surface area contributed by atoms with Crippen LogP contribution in [0.4, 0.5) is 23.2 Å². The number of amidine groups is 1. The van der Waals surface area contributed by atoms with Crippen LogP contribution in [-0.4, -0.2) is 34.8 Å². The van der Waals surface area contributed by atoms with Crippen molar-refractivity contribution >= 4 is 29.1 Å². The van der Waals surface area contributed by atoms with Gasteiger partial charge in [0.2, 0.25) is 5.84 Å². The SMILES string of the molecule is O=C(ON=C(Nc1ccc(F)c(Cl)c1)c1nonc1CNCCCc1ccccc1)C(F)(F)F. The van der Waals surface area contributed by atoms with Crippen molar-refractivity contribution in [1.82, 2.24) is 15.6 Å². The van der Waals surface area contributed by atoms with Gasteiger partial charge in [-0.2, -0.15) is 13.2 Å². The summed E-state index contributed by atoms with van der Waals surface area (Å²) in [6.45, 7) is 0.726. The molecule has 0 fully saturated rings. The van der Waals surface area contributed by atoms with Gasteiger partial charge < -0.3 is 15.5 Å². The number of carbonyl (C=O) groups excluding carboxylic acids is 1. The fourth-order valence-electron chi connectivity index (χ4n) is 2.75. The molecule has 3 rings (SSSR count). The number of oxime groups is 1. The number of halogens is 5. The highest BCUT2D eigenvalue weighted by Crippen LogP contribution is 2.21. The fraction of sp³-hybridized carbons (Fsp3) is 0.238. The second-order valence-corrected chi connectivity index (χ2v) is 7.30. The first-order valence-electron chi connectivity index (χ1n) is 9.88. The molecule has 2 N–H and O–H groups in total. The van der Waals surface area contributed by atoms with E-state index >= 15 is 0 Å². The van der Waals surface area contributed by atoms with Gasteiger partial charge in [0, 0.05) is 12.2 Å². The zero-order valence-electron chi connectivity index (χ0n) is 17.4. The van der Waals surface area contributed by atoms with Crippen LogP contribution in [0, 0.1) is 5.82 Å². The molecular weight excluding hydrogens is 482 g/mol. The Morgan fingerprint density at radius 1 is 1.15 bits per heavy atom. The van der Waals surface area contributed by atoms with Crippen molar-refractivity contribution in [3.8, 4) is 0 Å². The molecule has 13 heteroatoms. The van der Waals surface area contributed by atoms with Crippen LogP contribution in [0.1, 0.15) is 23.4 Å².